The Morgan fingerprint density at radius 3 is 2.70 bits per heavy atom. The van der Waals surface area contributed by atoms with Crippen molar-refractivity contribution >= 4 is 5.69 Å². The number of rotatable bonds is 1. The van der Waals surface area contributed by atoms with Crippen molar-refractivity contribution in [1.29, 1.82) is 0 Å². The van der Waals surface area contributed by atoms with E-state index in [2.05, 4.69) is 30.9 Å². The first-order valence-corrected chi connectivity index (χ1v) is 8.48. The largest absolute Gasteiger partial charge is 0.506 e. The van der Waals surface area contributed by atoms with E-state index in [9.17, 15) is 5.11 Å². The van der Waals surface area contributed by atoms with Crippen LogP contribution in [0.25, 0.3) is 0 Å². The van der Waals surface area contributed by atoms with E-state index in [1.54, 1.807) is 0 Å². The van der Waals surface area contributed by atoms with Crippen LogP contribution in [-0.2, 0) is 4.74 Å². The number of aliphatic hydroxyl groups is 1. The molecule has 0 spiro atoms. The number of ether oxygens (including phenoxy) is 1. The van der Waals surface area contributed by atoms with Crippen LogP contribution < -0.4 is 4.90 Å². The molecule has 0 bridgehead atoms. The third-order valence-electron chi connectivity index (χ3n) is 5.10. The quantitative estimate of drug-likeness (QED) is 0.816. The van der Waals surface area contributed by atoms with Gasteiger partial charge in [-0.15, -0.1) is 0 Å². The third kappa shape index (κ3) is 2.44. The lowest BCUT2D eigenvalue weighted by Crippen LogP contribution is -2.23. The Morgan fingerprint density at radius 1 is 1.13 bits per heavy atom. The second kappa shape index (κ2) is 5.48. The molecule has 2 heterocycles. The molecule has 0 fully saturated rings. The summed E-state index contributed by atoms with van der Waals surface area (Å²) in [5, 5.41) is 10.8. The van der Waals surface area contributed by atoms with Crippen LogP contribution in [0.4, 0.5) is 5.69 Å². The Hall–Kier alpha value is -2.16. The number of para-hydroxylation sites is 1. The van der Waals surface area contributed by atoms with Gasteiger partial charge in [-0.2, -0.15) is 0 Å². The summed E-state index contributed by atoms with van der Waals surface area (Å²) in [5.74, 6) is 1.89. The van der Waals surface area contributed by atoms with Crippen molar-refractivity contribution in [3.63, 3.8) is 0 Å². The highest BCUT2D eigenvalue weighted by Crippen LogP contribution is 2.45. The average Bonchev–Trinajstić information content (AvgIpc) is 2.87. The first-order chi connectivity index (χ1) is 11.1. The van der Waals surface area contributed by atoms with Gasteiger partial charge in [0.05, 0.1) is 6.10 Å². The summed E-state index contributed by atoms with van der Waals surface area (Å²) in [7, 11) is 0. The fourth-order valence-corrected chi connectivity index (χ4v) is 4.06. The van der Waals surface area contributed by atoms with Gasteiger partial charge in [0.1, 0.15) is 11.5 Å². The summed E-state index contributed by atoms with van der Waals surface area (Å²) in [6.45, 7) is 5.27. The molecule has 3 nitrogen and oxygen atoms in total. The Bertz CT molecular complexity index is 714. The van der Waals surface area contributed by atoms with E-state index in [4.69, 9.17) is 4.74 Å². The van der Waals surface area contributed by atoms with E-state index >= 15 is 0 Å². The standard InChI is InChI=1S/C20H23NO2/c1-13-11-21(15-6-4-3-5-7-15)12-18(22)20-16(13)8-9-19-17(20)10-14(2)23-19/h3-7,12-14,22H,8-11H2,1-2H3. The minimum Gasteiger partial charge on any atom is -0.506 e. The van der Waals surface area contributed by atoms with Gasteiger partial charge in [0, 0.05) is 42.4 Å². The maximum Gasteiger partial charge on any atom is 0.139 e. The lowest BCUT2D eigenvalue weighted by molar-refractivity contribution is 0.152. The summed E-state index contributed by atoms with van der Waals surface area (Å²) in [6.07, 6.45) is 4.99. The highest BCUT2D eigenvalue weighted by Gasteiger charge is 2.35. The van der Waals surface area contributed by atoms with Gasteiger partial charge in [-0.25, -0.2) is 0 Å². The SMILES string of the molecule is CC1CC2=C(CCC3=C2C(O)=CN(c2ccccc2)CC3C)O1. The number of benzene rings is 1. The minimum absolute atomic E-state index is 0.225. The molecule has 0 saturated heterocycles. The van der Waals surface area contributed by atoms with Crippen LogP contribution in [0.3, 0.4) is 0 Å². The molecule has 1 aromatic rings. The maximum absolute atomic E-state index is 10.8. The van der Waals surface area contributed by atoms with Crippen molar-refractivity contribution < 1.29 is 9.84 Å². The van der Waals surface area contributed by atoms with Gasteiger partial charge in [0.25, 0.3) is 0 Å². The van der Waals surface area contributed by atoms with Crippen LogP contribution >= 0.6 is 0 Å². The molecule has 0 saturated carbocycles. The number of anilines is 1. The summed E-state index contributed by atoms with van der Waals surface area (Å²) in [6, 6.07) is 10.3. The van der Waals surface area contributed by atoms with E-state index in [1.165, 1.54) is 11.1 Å². The van der Waals surface area contributed by atoms with Gasteiger partial charge < -0.3 is 14.7 Å². The van der Waals surface area contributed by atoms with Crippen LogP contribution in [0, 0.1) is 5.92 Å². The number of hydrogen-bond acceptors (Lipinski definition) is 3. The van der Waals surface area contributed by atoms with E-state index in [-0.39, 0.29) is 6.10 Å². The molecule has 2 aliphatic heterocycles. The summed E-state index contributed by atoms with van der Waals surface area (Å²) >= 11 is 0. The third-order valence-corrected chi connectivity index (χ3v) is 5.10. The number of aliphatic hydroxyl groups excluding tert-OH is 1. The summed E-state index contributed by atoms with van der Waals surface area (Å²) in [4.78, 5) is 2.16. The zero-order chi connectivity index (χ0) is 16.0. The molecule has 1 aromatic carbocycles. The number of hydrogen-bond donors (Lipinski definition) is 1. The smallest absolute Gasteiger partial charge is 0.139 e. The van der Waals surface area contributed by atoms with Crippen molar-refractivity contribution in [3.05, 3.63) is 64.8 Å². The van der Waals surface area contributed by atoms with E-state index in [1.807, 2.05) is 24.4 Å². The van der Waals surface area contributed by atoms with Gasteiger partial charge >= 0.3 is 0 Å². The van der Waals surface area contributed by atoms with E-state index in [0.29, 0.717) is 11.7 Å². The fraction of sp³-hybridized carbons (Fsp3) is 0.400. The van der Waals surface area contributed by atoms with E-state index < -0.39 is 0 Å². The molecule has 3 aliphatic rings. The van der Waals surface area contributed by atoms with E-state index in [0.717, 1.165) is 42.8 Å². The molecular formula is C20H23NO2. The molecule has 23 heavy (non-hydrogen) atoms. The molecule has 0 amide bonds. The lowest BCUT2D eigenvalue weighted by Gasteiger charge is -2.26. The second-order valence-corrected chi connectivity index (χ2v) is 6.84. The van der Waals surface area contributed by atoms with Gasteiger partial charge in [0.2, 0.25) is 0 Å². The van der Waals surface area contributed by atoms with Crippen LogP contribution in [0.2, 0.25) is 0 Å². The predicted octanol–water partition coefficient (Wildman–Crippen LogP) is 4.70. The number of fused-ring (bicyclic) bond motifs is 1. The summed E-state index contributed by atoms with van der Waals surface area (Å²) in [5.41, 5.74) is 4.79. The highest BCUT2D eigenvalue weighted by molar-refractivity contribution is 5.58. The van der Waals surface area contributed by atoms with Crippen molar-refractivity contribution in [2.45, 2.75) is 39.2 Å². The van der Waals surface area contributed by atoms with Gasteiger partial charge in [-0.3, -0.25) is 0 Å². The number of allylic oxidation sites excluding steroid dienone is 2. The molecule has 2 atom stereocenters. The predicted molar refractivity (Wildman–Crippen MR) is 92.1 cm³/mol. The van der Waals surface area contributed by atoms with Crippen LogP contribution in [-0.4, -0.2) is 17.8 Å². The zero-order valence-corrected chi connectivity index (χ0v) is 13.7. The zero-order valence-electron chi connectivity index (χ0n) is 13.7. The average molecular weight is 309 g/mol. The van der Waals surface area contributed by atoms with Crippen molar-refractivity contribution in [1.82, 2.24) is 0 Å². The minimum atomic E-state index is 0.225. The first-order valence-electron chi connectivity index (χ1n) is 8.48. The molecule has 2 unspecified atom stereocenters. The highest BCUT2D eigenvalue weighted by atomic mass is 16.5. The molecule has 1 aliphatic carbocycles. The molecule has 4 rings (SSSR count). The Labute approximate surface area is 137 Å². The van der Waals surface area contributed by atoms with Crippen LogP contribution in [0.1, 0.15) is 33.1 Å². The molecule has 0 radical (unpaired) electrons. The maximum atomic E-state index is 10.8. The van der Waals surface area contributed by atoms with Crippen molar-refractivity contribution in [2.24, 2.45) is 5.92 Å². The van der Waals surface area contributed by atoms with Crippen molar-refractivity contribution in [2.75, 3.05) is 11.4 Å². The Balaban J connectivity index is 1.75. The monoisotopic (exact) mass is 309 g/mol. The molecule has 1 N–H and O–H groups in total. The lowest BCUT2D eigenvalue weighted by atomic mass is 9.82. The number of nitrogens with zero attached hydrogens (tertiary/aromatic N) is 1. The first kappa shape index (κ1) is 14.4. The molecule has 120 valence electrons. The molecule has 0 aromatic heterocycles. The van der Waals surface area contributed by atoms with Crippen molar-refractivity contribution in [3.8, 4) is 0 Å². The van der Waals surface area contributed by atoms with Gasteiger partial charge in [0.15, 0.2) is 0 Å². The molecule has 3 heteroatoms. The topological polar surface area (TPSA) is 32.7 Å². The Kier molecular flexibility index (Phi) is 3.44. The van der Waals surface area contributed by atoms with Crippen LogP contribution in [0.15, 0.2) is 64.8 Å². The molecular weight excluding hydrogens is 286 g/mol. The fourth-order valence-electron chi connectivity index (χ4n) is 4.06. The van der Waals surface area contributed by atoms with Gasteiger partial charge in [-0.1, -0.05) is 30.7 Å². The Morgan fingerprint density at radius 2 is 1.91 bits per heavy atom. The van der Waals surface area contributed by atoms with Crippen LogP contribution in [0.5, 0.6) is 0 Å². The normalized spacial score (nSPS) is 27.2. The summed E-state index contributed by atoms with van der Waals surface area (Å²) < 4.78 is 5.94. The second-order valence-electron chi connectivity index (χ2n) is 6.84. The van der Waals surface area contributed by atoms with Gasteiger partial charge in [-0.05, 0) is 31.4 Å².